The molecule has 1 N–H and O–H groups in total. The fourth-order valence-corrected chi connectivity index (χ4v) is 2.78. The molecule has 1 fully saturated rings. The Kier molecular flexibility index (Phi) is 3.84. The van der Waals surface area contributed by atoms with Crippen LogP contribution >= 0.6 is 0 Å². The lowest BCUT2D eigenvalue weighted by atomic mass is 9.94. The van der Waals surface area contributed by atoms with Gasteiger partial charge in [-0.3, -0.25) is 0 Å². The van der Waals surface area contributed by atoms with Crippen molar-refractivity contribution in [2.45, 2.75) is 18.8 Å². The highest BCUT2D eigenvalue weighted by Crippen LogP contribution is 2.35. The van der Waals surface area contributed by atoms with Crippen LogP contribution in [0.4, 0.5) is 4.79 Å². The highest BCUT2D eigenvalue weighted by Gasteiger charge is 2.22. The minimum Gasteiger partial charge on any atom is -0.457 e. The fourth-order valence-electron chi connectivity index (χ4n) is 2.78. The number of piperidine rings is 1. The molecule has 1 aromatic heterocycles. The van der Waals surface area contributed by atoms with Crippen LogP contribution in [0.1, 0.15) is 24.5 Å². The standard InChI is InChI=1S/C16H20N2O3/c1-17-16(19)21-13-5-3-4-12-10-14(20-15(12)13)11-6-8-18(2)9-7-11/h3-5,10-11H,6-9H2,1-2H3,(H,17,19). The van der Waals surface area contributed by atoms with Gasteiger partial charge in [0.1, 0.15) is 5.76 Å². The van der Waals surface area contributed by atoms with Gasteiger partial charge in [-0.05, 0) is 45.1 Å². The van der Waals surface area contributed by atoms with Gasteiger partial charge in [0.15, 0.2) is 11.3 Å². The molecule has 2 heterocycles. The molecular weight excluding hydrogens is 268 g/mol. The van der Waals surface area contributed by atoms with Gasteiger partial charge in [-0.1, -0.05) is 12.1 Å². The summed E-state index contributed by atoms with van der Waals surface area (Å²) in [4.78, 5) is 13.7. The lowest BCUT2D eigenvalue weighted by Crippen LogP contribution is -2.29. The number of hydrogen-bond donors (Lipinski definition) is 1. The first kappa shape index (κ1) is 13.9. The molecule has 5 heteroatoms. The van der Waals surface area contributed by atoms with E-state index in [-0.39, 0.29) is 0 Å². The molecule has 1 aliphatic heterocycles. The second-order valence-electron chi connectivity index (χ2n) is 5.54. The number of nitrogens with one attached hydrogen (secondary N) is 1. The third-order valence-corrected chi connectivity index (χ3v) is 4.05. The summed E-state index contributed by atoms with van der Waals surface area (Å²) in [7, 11) is 3.68. The summed E-state index contributed by atoms with van der Waals surface area (Å²) in [6.07, 6.45) is 1.71. The summed E-state index contributed by atoms with van der Waals surface area (Å²) in [5.41, 5.74) is 0.648. The predicted octanol–water partition coefficient (Wildman–Crippen LogP) is 2.96. The molecule has 3 rings (SSSR count). The van der Waals surface area contributed by atoms with E-state index in [4.69, 9.17) is 9.15 Å². The normalized spacial score (nSPS) is 17.0. The van der Waals surface area contributed by atoms with Crippen molar-refractivity contribution in [3.63, 3.8) is 0 Å². The molecule has 1 saturated heterocycles. The van der Waals surface area contributed by atoms with Gasteiger partial charge < -0.3 is 19.4 Å². The zero-order chi connectivity index (χ0) is 14.8. The van der Waals surface area contributed by atoms with Crippen molar-refractivity contribution < 1.29 is 13.9 Å². The molecule has 0 radical (unpaired) electrons. The summed E-state index contributed by atoms with van der Waals surface area (Å²) < 4.78 is 11.2. The quantitative estimate of drug-likeness (QED) is 0.923. The van der Waals surface area contributed by atoms with E-state index >= 15 is 0 Å². The maximum Gasteiger partial charge on any atom is 0.412 e. The van der Waals surface area contributed by atoms with Crippen molar-refractivity contribution in [2.75, 3.05) is 27.2 Å². The SMILES string of the molecule is CNC(=O)Oc1cccc2cc(C3CCN(C)CC3)oc12. The number of carbonyl (C=O) groups excluding carboxylic acids is 1. The largest absolute Gasteiger partial charge is 0.457 e. The summed E-state index contributed by atoms with van der Waals surface area (Å²) in [5.74, 6) is 1.90. The minimum atomic E-state index is -0.486. The Morgan fingerprint density at radius 1 is 1.38 bits per heavy atom. The maximum absolute atomic E-state index is 11.4. The van der Waals surface area contributed by atoms with E-state index in [1.807, 2.05) is 12.1 Å². The third kappa shape index (κ3) is 2.88. The Labute approximate surface area is 123 Å². The van der Waals surface area contributed by atoms with Gasteiger partial charge in [-0.15, -0.1) is 0 Å². The number of amides is 1. The van der Waals surface area contributed by atoms with E-state index in [9.17, 15) is 4.79 Å². The van der Waals surface area contributed by atoms with E-state index < -0.39 is 6.09 Å². The van der Waals surface area contributed by atoms with E-state index in [0.717, 1.165) is 37.1 Å². The minimum absolute atomic E-state index is 0.446. The molecule has 1 amide bonds. The number of rotatable bonds is 2. The van der Waals surface area contributed by atoms with Gasteiger partial charge in [-0.25, -0.2) is 4.79 Å². The smallest absolute Gasteiger partial charge is 0.412 e. The van der Waals surface area contributed by atoms with E-state index in [1.165, 1.54) is 7.05 Å². The van der Waals surface area contributed by atoms with Gasteiger partial charge in [0.25, 0.3) is 0 Å². The lowest BCUT2D eigenvalue weighted by molar-refractivity contribution is 0.202. The van der Waals surface area contributed by atoms with Crippen molar-refractivity contribution in [2.24, 2.45) is 0 Å². The fraction of sp³-hybridized carbons (Fsp3) is 0.438. The van der Waals surface area contributed by atoms with Crippen molar-refractivity contribution in [3.8, 4) is 5.75 Å². The van der Waals surface area contributed by atoms with Crippen LogP contribution in [0.3, 0.4) is 0 Å². The molecule has 21 heavy (non-hydrogen) atoms. The first-order valence-corrected chi connectivity index (χ1v) is 7.28. The summed E-state index contributed by atoms with van der Waals surface area (Å²) >= 11 is 0. The molecule has 1 aliphatic rings. The summed E-state index contributed by atoms with van der Waals surface area (Å²) in [6.45, 7) is 2.17. The molecule has 0 bridgehead atoms. The molecule has 0 atom stereocenters. The van der Waals surface area contributed by atoms with Crippen LogP contribution in [-0.2, 0) is 0 Å². The first-order chi connectivity index (χ1) is 10.2. The molecule has 0 aliphatic carbocycles. The topological polar surface area (TPSA) is 54.7 Å². The highest BCUT2D eigenvalue weighted by atomic mass is 16.6. The zero-order valence-corrected chi connectivity index (χ0v) is 12.4. The van der Waals surface area contributed by atoms with Crippen LogP contribution in [0, 0.1) is 0 Å². The molecule has 5 nitrogen and oxygen atoms in total. The van der Waals surface area contributed by atoms with Gasteiger partial charge in [-0.2, -0.15) is 0 Å². The van der Waals surface area contributed by atoms with Crippen LogP contribution in [0.15, 0.2) is 28.7 Å². The number of hydrogen-bond acceptors (Lipinski definition) is 4. The van der Waals surface area contributed by atoms with Crippen LogP contribution in [0.25, 0.3) is 11.0 Å². The number of likely N-dealkylation sites (tertiary alicyclic amines) is 1. The number of benzene rings is 1. The molecular formula is C16H20N2O3. The number of fused-ring (bicyclic) bond motifs is 1. The molecule has 0 spiro atoms. The van der Waals surface area contributed by atoms with Crippen molar-refractivity contribution in [1.82, 2.24) is 10.2 Å². The van der Waals surface area contributed by atoms with Gasteiger partial charge >= 0.3 is 6.09 Å². The van der Waals surface area contributed by atoms with E-state index in [1.54, 1.807) is 6.07 Å². The monoisotopic (exact) mass is 288 g/mol. The second-order valence-corrected chi connectivity index (χ2v) is 5.54. The Bertz CT molecular complexity index is 642. The third-order valence-electron chi connectivity index (χ3n) is 4.05. The Morgan fingerprint density at radius 2 is 2.14 bits per heavy atom. The lowest BCUT2D eigenvalue weighted by Gasteiger charge is -2.27. The molecule has 0 unspecified atom stereocenters. The average Bonchev–Trinajstić information content (AvgIpc) is 2.93. The number of furan rings is 1. The van der Waals surface area contributed by atoms with Crippen molar-refractivity contribution in [3.05, 3.63) is 30.0 Å². The average molecular weight is 288 g/mol. The van der Waals surface area contributed by atoms with Crippen molar-refractivity contribution in [1.29, 1.82) is 0 Å². The van der Waals surface area contributed by atoms with Crippen molar-refractivity contribution >= 4 is 17.1 Å². The number of carbonyl (C=O) groups is 1. The second kappa shape index (κ2) is 5.77. The highest BCUT2D eigenvalue weighted by molar-refractivity contribution is 5.86. The van der Waals surface area contributed by atoms with E-state index in [0.29, 0.717) is 17.3 Å². The Balaban J connectivity index is 1.89. The van der Waals surface area contributed by atoms with E-state index in [2.05, 4.69) is 23.3 Å². The molecule has 0 saturated carbocycles. The van der Waals surface area contributed by atoms with Crippen LogP contribution in [0.5, 0.6) is 5.75 Å². The van der Waals surface area contributed by atoms with Gasteiger partial charge in [0.2, 0.25) is 0 Å². The first-order valence-electron chi connectivity index (χ1n) is 7.28. The Morgan fingerprint density at radius 3 is 2.86 bits per heavy atom. The molecule has 1 aromatic carbocycles. The molecule has 112 valence electrons. The number of para-hydroxylation sites is 1. The summed E-state index contributed by atoms with van der Waals surface area (Å²) in [5, 5.41) is 3.42. The number of nitrogens with zero attached hydrogens (tertiary/aromatic N) is 1. The van der Waals surface area contributed by atoms with Gasteiger partial charge in [0, 0.05) is 18.4 Å². The number of ether oxygens (including phenoxy) is 1. The Hall–Kier alpha value is -2.01. The summed E-state index contributed by atoms with van der Waals surface area (Å²) in [6, 6.07) is 7.67. The maximum atomic E-state index is 11.4. The van der Waals surface area contributed by atoms with Gasteiger partial charge in [0.05, 0.1) is 0 Å². The zero-order valence-electron chi connectivity index (χ0n) is 12.4. The van der Waals surface area contributed by atoms with Crippen LogP contribution in [-0.4, -0.2) is 38.2 Å². The molecule has 2 aromatic rings. The van der Waals surface area contributed by atoms with Crippen LogP contribution < -0.4 is 10.1 Å². The van der Waals surface area contributed by atoms with Crippen LogP contribution in [0.2, 0.25) is 0 Å². The predicted molar refractivity (Wildman–Crippen MR) is 80.8 cm³/mol.